The predicted octanol–water partition coefficient (Wildman–Crippen LogP) is 2.51. The van der Waals surface area contributed by atoms with Crippen molar-refractivity contribution in [3.05, 3.63) is 0 Å². The number of hydrogen-bond donors (Lipinski definition) is 2. The highest BCUT2D eigenvalue weighted by Gasteiger charge is 2.53. The minimum atomic E-state index is -4.58. The van der Waals surface area contributed by atoms with Gasteiger partial charge in [-0.25, -0.2) is 0 Å². The average Bonchev–Trinajstić information content (AvgIpc) is 2.96. The van der Waals surface area contributed by atoms with E-state index < -0.39 is 36.6 Å². The summed E-state index contributed by atoms with van der Waals surface area (Å²) in [5.74, 6) is -4.44. The van der Waals surface area contributed by atoms with Crippen molar-refractivity contribution in [3.63, 3.8) is 0 Å². The van der Waals surface area contributed by atoms with Gasteiger partial charge in [0.2, 0.25) is 5.91 Å². The number of hydrogen-bond acceptors (Lipinski definition) is 3. The quantitative estimate of drug-likeness (QED) is 0.804. The molecular formula is C17H27F3N2O3. The van der Waals surface area contributed by atoms with Crippen LogP contribution in [-0.4, -0.2) is 53.2 Å². The SMILES string of the molecule is CC1CCCC(NC(=O)C(C)N2C[C@@H](C(F)(F)F)[C@H](C(=O)O)C2)C1C. The van der Waals surface area contributed by atoms with E-state index in [1.165, 1.54) is 4.90 Å². The molecule has 0 radical (unpaired) electrons. The van der Waals surface area contributed by atoms with Crippen LogP contribution >= 0.6 is 0 Å². The van der Waals surface area contributed by atoms with E-state index in [0.717, 1.165) is 19.3 Å². The minimum absolute atomic E-state index is 0.0231. The Bertz CT molecular complexity index is 512. The number of amides is 1. The van der Waals surface area contributed by atoms with Crippen LogP contribution < -0.4 is 5.32 Å². The van der Waals surface area contributed by atoms with Crippen LogP contribution in [-0.2, 0) is 9.59 Å². The number of halogens is 3. The molecule has 1 aliphatic heterocycles. The number of nitrogens with one attached hydrogen (secondary N) is 1. The van der Waals surface area contributed by atoms with Crippen molar-refractivity contribution in [1.82, 2.24) is 10.2 Å². The van der Waals surface area contributed by atoms with Crippen LogP contribution in [0.3, 0.4) is 0 Å². The first-order valence-corrected chi connectivity index (χ1v) is 8.86. The molecule has 1 amide bonds. The maximum Gasteiger partial charge on any atom is 0.393 e. The van der Waals surface area contributed by atoms with Crippen molar-refractivity contribution in [2.24, 2.45) is 23.7 Å². The number of nitrogens with zero attached hydrogens (tertiary/aromatic N) is 1. The van der Waals surface area contributed by atoms with Crippen molar-refractivity contribution in [2.75, 3.05) is 13.1 Å². The van der Waals surface area contributed by atoms with Gasteiger partial charge in [0, 0.05) is 19.1 Å². The molecule has 4 unspecified atom stereocenters. The van der Waals surface area contributed by atoms with Gasteiger partial charge in [-0.05, 0) is 25.2 Å². The predicted molar refractivity (Wildman–Crippen MR) is 85.8 cm³/mol. The first-order valence-electron chi connectivity index (χ1n) is 8.86. The van der Waals surface area contributed by atoms with Crippen LogP contribution in [0.5, 0.6) is 0 Å². The maximum atomic E-state index is 13.1. The molecule has 2 rings (SSSR count). The van der Waals surface area contributed by atoms with Gasteiger partial charge in [-0.1, -0.05) is 26.7 Å². The normalized spacial score (nSPS) is 35.4. The number of alkyl halides is 3. The Morgan fingerprint density at radius 2 is 1.84 bits per heavy atom. The largest absolute Gasteiger partial charge is 0.481 e. The molecule has 1 heterocycles. The zero-order valence-electron chi connectivity index (χ0n) is 14.8. The number of rotatable bonds is 4. The molecule has 0 bridgehead atoms. The number of likely N-dealkylation sites (tertiary alicyclic amines) is 1. The fourth-order valence-corrected chi connectivity index (χ4v) is 3.99. The second kappa shape index (κ2) is 7.51. The van der Waals surface area contributed by atoms with Crippen LogP contribution in [0.4, 0.5) is 13.2 Å². The molecule has 0 aromatic rings. The Morgan fingerprint density at radius 3 is 2.36 bits per heavy atom. The number of carbonyl (C=O) groups excluding carboxylic acids is 1. The van der Waals surface area contributed by atoms with E-state index >= 15 is 0 Å². The smallest absolute Gasteiger partial charge is 0.393 e. The van der Waals surface area contributed by atoms with Crippen LogP contribution in [0.2, 0.25) is 0 Å². The van der Waals surface area contributed by atoms with Crippen LogP contribution in [0, 0.1) is 23.7 Å². The second-order valence-electron chi connectivity index (χ2n) is 7.61. The van der Waals surface area contributed by atoms with Crippen molar-refractivity contribution >= 4 is 11.9 Å². The Morgan fingerprint density at radius 1 is 1.20 bits per heavy atom. The molecule has 0 spiro atoms. The van der Waals surface area contributed by atoms with Gasteiger partial charge < -0.3 is 10.4 Å². The molecule has 1 aliphatic carbocycles. The lowest BCUT2D eigenvalue weighted by Gasteiger charge is -2.36. The zero-order chi connectivity index (χ0) is 18.9. The van der Waals surface area contributed by atoms with E-state index in [1.54, 1.807) is 6.92 Å². The molecule has 2 N–H and O–H groups in total. The third-order valence-corrected chi connectivity index (χ3v) is 6.05. The topological polar surface area (TPSA) is 69.6 Å². The fourth-order valence-electron chi connectivity index (χ4n) is 3.99. The van der Waals surface area contributed by atoms with E-state index in [2.05, 4.69) is 19.2 Å². The summed E-state index contributed by atoms with van der Waals surface area (Å²) in [6, 6.07) is -0.756. The lowest BCUT2D eigenvalue weighted by Crippen LogP contribution is -2.51. The van der Waals surface area contributed by atoms with Crippen molar-refractivity contribution < 1.29 is 27.9 Å². The van der Waals surface area contributed by atoms with E-state index in [9.17, 15) is 22.8 Å². The molecule has 6 atom stereocenters. The van der Waals surface area contributed by atoms with Crippen LogP contribution in [0.1, 0.15) is 40.0 Å². The molecule has 1 saturated carbocycles. The van der Waals surface area contributed by atoms with Gasteiger partial charge in [-0.3, -0.25) is 14.5 Å². The summed E-state index contributed by atoms with van der Waals surface area (Å²) in [7, 11) is 0. The molecule has 8 heteroatoms. The van der Waals surface area contributed by atoms with Gasteiger partial charge in [0.1, 0.15) is 0 Å². The van der Waals surface area contributed by atoms with Crippen molar-refractivity contribution in [3.8, 4) is 0 Å². The zero-order valence-corrected chi connectivity index (χ0v) is 14.8. The maximum absolute atomic E-state index is 13.1. The first kappa shape index (κ1) is 20.0. The molecule has 5 nitrogen and oxygen atoms in total. The Labute approximate surface area is 145 Å². The van der Waals surface area contributed by atoms with Gasteiger partial charge >= 0.3 is 12.1 Å². The average molecular weight is 364 g/mol. The van der Waals surface area contributed by atoms with Gasteiger partial charge in [0.05, 0.1) is 17.9 Å². The van der Waals surface area contributed by atoms with Crippen LogP contribution in [0.15, 0.2) is 0 Å². The third-order valence-electron chi connectivity index (χ3n) is 6.05. The molecule has 0 aromatic heterocycles. The summed E-state index contributed by atoms with van der Waals surface area (Å²) < 4.78 is 39.3. The monoisotopic (exact) mass is 364 g/mol. The van der Waals surface area contributed by atoms with Gasteiger partial charge in [0.15, 0.2) is 0 Å². The van der Waals surface area contributed by atoms with E-state index in [-0.39, 0.29) is 18.5 Å². The van der Waals surface area contributed by atoms with E-state index in [1.807, 2.05) is 0 Å². The van der Waals surface area contributed by atoms with Gasteiger partial charge in [0.25, 0.3) is 0 Å². The number of carbonyl (C=O) groups is 2. The Hall–Kier alpha value is -1.31. The van der Waals surface area contributed by atoms with Crippen LogP contribution in [0.25, 0.3) is 0 Å². The summed E-state index contributed by atoms with van der Waals surface area (Å²) in [5, 5.41) is 12.0. The number of aliphatic carboxylic acids is 1. The molecule has 144 valence electrons. The Balaban J connectivity index is 2.01. The van der Waals surface area contributed by atoms with E-state index in [4.69, 9.17) is 5.11 Å². The highest BCUT2D eigenvalue weighted by atomic mass is 19.4. The summed E-state index contributed by atoms with van der Waals surface area (Å²) in [6.07, 6.45) is -1.58. The molecule has 1 saturated heterocycles. The minimum Gasteiger partial charge on any atom is -0.481 e. The number of carboxylic acid groups (broad SMARTS) is 1. The fraction of sp³-hybridized carbons (Fsp3) is 0.882. The summed E-state index contributed by atoms with van der Waals surface area (Å²) in [5.41, 5.74) is 0. The summed E-state index contributed by atoms with van der Waals surface area (Å²) in [4.78, 5) is 25.0. The molecule has 25 heavy (non-hydrogen) atoms. The highest BCUT2D eigenvalue weighted by Crippen LogP contribution is 2.38. The lowest BCUT2D eigenvalue weighted by atomic mass is 9.78. The summed E-state index contributed by atoms with van der Waals surface area (Å²) >= 11 is 0. The lowest BCUT2D eigenvalue weighted by molar-refractivity contribution is -0.188. The molecular weight excluding hydrogens is 337 g/mol. The molecule has 0 aromatic carbocycles. The van der Waals surface area contributed by atoms with E-state index in [0.29, 0.717) is 11.8 Å². The Kier molecular flexibility index (Phi) is 6.01. The van der Waals surface area contributed by atoms with Crippen molar-refractivity contribution in [1.29, 1.82) is 0 Å². The number of carboxylic acids is 1. The standard InChI is InChI=1S/C17H27F3N2O3/c1-9-5-4-6-14(10(9)2)21-15(23)11(3)22-7-12(16(24)25)13(8-22)17(18,19)20/h9-14H,4-8H2,1-3H3,(H,21,23)(H,24,25)/t9?,10?,11?,12-,13-,14?/m1/s1. The highest BCUT2D eigenvalue weighted by molar-refractivity contribution is 5.82. The summed E-state index contributed by atoms with van der Waals surface area (Å²) in [6.45, 7) is 5.05. The second-order valence-corrected chi connectivity index (χ2v) is 7.61. The van der Waals surface area contributed by atoms with Gasteiger partial charge in [-0.15, -0.1) is 0 Å². The third kappa shape index (κ3) is 4.46. The van der Waals surface area contributed by atoms with Crippen molar-refractivity contribution in [2.45, 2.75) is 58.3 Å². The molecule has 2 aliphatic rings. The first-order chi connectivity index (χ1) is 11.5. The van der Waals surface area contributed by atoms with Gasteiger partial charge in [-0.2, -0.15) is 13.2 Å². The molecule has 2 fully saturated rings.